The predicted molar refractivity (Wildman–Crippen MR) is 58.9 cm³/mol. The van der Waals surface area contributed by atoms with E-state index >= 15 is 0 Å². The first-order chi connectivity index (χ1) is 7.65. The molecule has 2 aromatic rings. The number of aryl methyl sites for hydroxylation is 1. The Morgan fingerprint density at radius 2 is 2.25 bits per heavy atom. The van der Waals surface area contributed by atoms with Gasteiger partial charge in [0.25, 0.3) is 5.91 Å². The Morgan fingerprint density at radius 3 is 2.88 bits per heavy atom. The molecule has 7 heteroatoms. The van der Waals surface area contributed by atoms with Crippen LogP contribution >= 0.6 is 15.9 Å². The second-order valence-corrected chi connectivity index (χ2v) is 3.74. The molecule has 6 nitrogen and oxygen atoms in total. The van der Waals surface area contributed by atoms with Gasteiger partial charge in [-0.15, -0.1) is 5.10 Å². The summed E-state index contributed by atoms with van der Waals surface area (Å²) in [6.07, 6.45) is 0. The largest absolute Gasteiger partial charge is 0.408 e. The van der Waals surface area contributed by atoms with Crippen LogP contribution in [0.25, 0.3) is 0 Å². The van der Waals surface area contributed by atoms with E-state index in [1.165, 1.54) is 0 Å². The lowest BCUT2D eigenvalue weighted by molar-refractivity contribution is 0.101. The van der Waals surface area contributed by atoms with Crippen LogP contribution < -0.4 is 5.32 Å². The molecule has 2 aromatic heterocycles. The van der Waals surface area contributed by atoms with E-state index < -0.39 is 5.91 Å². The van der Waals surface area contributed by atoms with E-state index in [2.05, 4.69) is 36.4 Å². The quantitative estimate of drug-likeness (QED) is 0.850. The molecular weight excluding hydrogens is 276 g/mol. The summed E-state index contributed by atoms with van der Waals surface area (Å²) in [4.78, 5) is 15.6. The Balaban J connectivity index is 2.14. The van der Waals surface area contributed by atoms with Gasteiger partial charge in [0.05, 0.1) is 0 Å². The van der Waals surface area contributed by atoms with Gasteiger partial charge in [0.1, 0.15) is 10.3 Å². The third kappa shape index (κ3) is 2.43. The fourth-order valence-electron chi connectivity index (χ4n) is 1.04. The molecule has 0 saturated heterocycles. The average molecular weight is 283 g/mol. The maximum atomic E-state index is 11.7. The third-order valence-electron chi connectivity index (χ3n) is 1.69. The highest BCUT2D eigenvalue weighted by Gasteiger charge is 2.11. The van der Waals surface area contributed by atoms with Gasteiger partial charge < -0.3 is 4.42 Å². The van der Waals surface area contributed by atoms with Gasteiger partial charge in [0.2, 0.25) is 5.89 Å². The Bertz CT molecular complexity index is 526. The molecule has 2 rings (SSSR count). The zero-order chi connectivity index (χ0) is 11.5. The van der Waals surface area contributed by atoms with Crippen molar-refractivity contribution in [3.63, 3.8) is 0 Å². The monoisotopic (exact) mass is 282 g/mol. The number of anilines is 1. The summed E-state index contributed by atoms with van der Waals surface area (Å²) in [5, 5.41) is 9.68. The van der Waals surface area contributed by atoms with Crippen molar-refractivity contribution in [2.75, 3.05) is 5.32 Å². The van der Waals surface area contributed by atoms with Gasteiger partial charge in [-0.3, -0.25) is 10.1 Å². The van der Waals surface area contributed by atoms with Crippen molar-refractivity contribution in [2.45, 2.75) is 6.92 Å². The van der Waals surface area contributed by atoms with Crippen molar-refractivity contribution in [3.8, 4) is 0 Å². The van der Waals surface area contributed by atoms with E-state index in [0.29, 0.717) is 10.5 Å². The highest BCUT2D eigenvalue weighted by Crippen LogP contribution is 2.09. The molecule has 1 N–H and O–H groups in total. The van der Waals surface area contributed by atoms with Crippen LogP contribution in [0.2, 0.25) is 0 Å². The van der Waals surface area contributed by atoms with Gasteiger partial charge >= 0.3 is 6.01 Å². The number of halogens is 1. The van der Waals surface area contributed by atoms with Crippen LogP contribution in [0.1, 0.15) is 16.4 Å². The number of carbonyl (C=O) groups excluding carboxylic acids is 1. The van der Waals surface area contributed by atoms with Crippen LogP contribution in [0.3, 0.4) is 0 Å². The second-order valence-electron chi connectivity index (χ2n) is 2.93. The summed E-state index contributed by atoms with van der Waals surface area (Å²) >= 11 is 3.18. The molecule has 1 amide bonds. The summed E-state index contributed by atoms with van der Waals surface area (Å²) in [5.41, 5.74) is 0.269. The van der Waals surface area contributed by atoms with Crippen LogP contribution in [-0.4, -0.2) is 21.1 Å². The predicted octanol–water partition coefficient (Wildman–Crippen LogP) is 1.79. The lowest BCUT2D eigenvalue weighted by Crippen LogP contribution is -2.13. The van der Waals surface area contributed by atoms with E-state index in [9.17, 15) is 4.79 Å². The van der Waals surface area contributed by atoms with Crippen LogP contribution in [-0.2, 0) is 0 Å². The fraction of sp³-hybridized carbons (Fsp3) is 0.111. The molecule has 2 heterocycles. The first-order valence-electron chi connectivity index (χ1n) is 4.39. The zero-order valence-corrected chi connectivity index (χ0v) is 9.85. The summed E-state index contributed by atoms with van der Waals surface area (Å²) in [6.45, 7) is 1.64. The van der Waals surface area contributed by atoms with E-state index in [4.69, 9.17) is 4.42 Å². The van der Waals surface area contributed by atoms with E-state index in [-0.39, 0.29) is 11.7 Å². The molecule has 0 aromatic carbocycles. The molecule has 0 atom stereocenters. The summed E-state index contributed by atoms with van der Waals surface area (Å²) in [7, 11) is 0. The number of nitrogens with zero attached hydrogens (tertiary/aromatic N) is 3. The van der Waals surface area contributed by atoms with Crippen molar-refractivity contribution in [2.24, 2.45) is 0 Å². The third-order valence-corrected chi connectivity index (χ3v) is 2.14. The number of pyridine rings is 1. The Hall–Kier alpha value is -1.76. The Labute approximate surface area is 99.2 Å². The highest BCUT2D eigenvalue weighted by molar-refractivity contribution is 9.10. The van der Waals surface area contributed by atoms with Crippen LogP contribution in [0.4, 0.5) is 6.01 Å². The molecule has 0 aliphatic heterocycles. The normalized spacial score (nSPS) is 10.1. The second kappa shape index (κ2) is 4.40. The number of hydrogen-bond donors (Lipinski definition) is 1. The SMILES string of the molecule is Cc1nnc(NC(=O)c2cccc(Br)n2)o1. The van der Waals surface area contributed by atoms with Crippen molar-refractivity contribution < 1.29 is 9.21 Å². The molecule has 82 valence electrons. The standard InChI is InChI=1S/C9H7BrN4O2/c1-5-13-14-9(16-5)12-8(15)6-3-2-4-7(10)11-6/h2-4H,1H3,(H,12,14,15). The number of rotatable bonds is 2. The van der Waals surface area contributed by atoms with E-state index in [1.54, 1.807) is 25.1 Å². The Kier molecular flexibility index (Phi) is 2.95. The zero-order valence-electron chi connectivity index (χ0n) is 8.27. The van der Waals surface area contributed by atoms with Crippen molar-refractivity contribution in [1.29, 1.82) is 0 Å². The summed E-state index contributed by atoms with van der Waals surface area (Å²) in [5.74, 6) is -0.0116. The minimum atomic E-state index is -0.398. The van der Waals surface area contributed by atoms with E-state index in [1.807, 2.05) is 0 Å². The summed E-state index contributed by atoms with van der Waals surface area (Å²) in [6, 6.07) is 5.09. The molecule has 0 fully saturated rings. The van der Waals surface area contributed by atoms with Gasteiger partial charge in [-0.05, 0) is 28.1 Å². The molecule has 0 spiro atoms. The first kappa shape index (κ1) is 10.7. The minimum absolute atomic E-state index is 0.0595. The fourth-order valence-corrected chi connectivity index (χ4v) is 1.39. The van der Waals surface area contributed by atoms with Crippen LogP contribution in [0.5, 0.6) is 0 Å². The molecular formula is C9H7BrN4O2. The number of amides is 1. The van der Waals surface area contributed by atoms with Gasteiger partial charge in [-0.2, -0.15) is 0 Å². The highest BCUT2D eigenvalue weighted by atomic mass is 79.9. The van der Waals surface area contributed by atoms with Gasteiger partial charge in [-0.25, -0.2) is 4.98 Å². The van der Waals surface area contributed by atoms with Crippen molar-refractivity contribution in [1.82, 2.24) is 15.2 Å². The average Bonchev–Trinajstić information content (AvgIpc) is 2.64. The molecule has 0 radical (unpaired) electrons. The number of hydrogen-bond acceptors (Lipinski definition) is 5. The first-order valence-corrected chi connectivity index (χ1v) is 5.18. The molecule has 0 aliphatic rings. The Morgan fingerprint density at radius 1 is 1.44 bits per heavy atom. The van der Waals surface area contributed by atoms with Gasteiger partial charge in [0.15, 0.2) is 0 Å². The molecule has 0 aliphatic carbocycles. The van der Waals surface area contributed by atoms with Gasteiger partial charge in [0, 0.05) is 6.92 Å². The maximum absolute atomic E-state index is 11.7. The topological polar surface area (TPSA) is 80.9 Å². The lowest BCUT2D eigenvalue weighted by atomic mass is 10.3. The molecule has 0 bridgehead atoms. The molecule has 16 heavy (non-hydrogen) atoms. The number of aromatic nitrogens is 3. The van der Waals surface area contributed by atoms with Crippen LogP contribution in [0.15, 0.2) is 27.2 Å². The van der Waals surface area contributed by atoms with Gasteiger partial charge in [-0.1, -0.05) is 11.2 Å². The number of nitrogens with one attached hydrogen (secondary N) is 1. The molecule has 0 saturated carbocycles. The molecule has 0 unspecified atom stereocenters. The maximum Gasteiger partial charge on any atom is 0.322 e. The lowest BCUT2D eigenvalue weighted by Gasteiger charge is -1.99. The summed E-state index contributed by atoms with van der Waals surface area (Å²) < 4.78 is 5.60. The van der Waals surface area contributed by atoms with E-state index in [0.717, 1.165) is 0 Å². The number of carbonyl (C=O) groups is 1. The smallest absolute Gasteiger partial charge is 0.322 e. The van der Waals surface area contributed by atoms with Crippen molar-refractivity contribution >= 4 is 27.9 Å². The van der Waals surface area contributed by atoms with Crippen molar-refractivity contribution in [3.05, 3.63) is 34.4 Å². The van der Waals surface area contributed by atoms with Crippen LogP contribution in [0, 0.1) is 6.92 Å². The minimum Gasteiger partial charge on any atom is -0.408 e.